The Morgan fingerprint density at radius 3 is 0.795 bits per heavy atom. The molecule has 6 heteroatoms. The molecule has 0 spiro atoms. The Bertz CT molecular complexity index is 1800. The minimum atomic E-state index is -0.816. The zero-order chi connectivity index (χ0) is 59.9. The van der Waals surface area contributed by atoms with Gasteiger partial charge in [-0.1, -0.05) is 295 Å². The van der Waals surface area contributed by atoms with Gasteiger partial charge in [-0.15, -0.1) is 0 Å². The molecule has 0 aliphatic carbocycles. The van der Waals surface area contributed by atoms with Gasteiger partial charge in [0.15, 0.2) is 6.10 Å². The minimum absolute atomic E-state index is 0.108. The van der Waals surface area contributed by atoms with Crippen molar-refractivity contribution >= 4 is 17.9 Å². The zero-order valence-corrected chi connectivity index (χ0v) is 53.9. The Balaban J connectivity index is 4.47. The van der Waals surface area contributed by atoms with Gasteiger partial charge in [0, 0.05) is 19.3 Å². The van der Waals surface area contributed by atoms with Crippen LogP contribution in [0.5, 0.6) is 0 Å². The number of unbranched alkanes of at least 4 members (excludes halogenated alkanes) is 26. The molecule has 83 heavy (non-hydrogen) atoms. The third-order valence-corrected chi connectivity index (χ3v) is 14.3. The summed E-state index contributed by atoms with van der Waals surface area (Å²) in [7, 11) is 0. The van der Waals surface area contributed by atoms with Gasteiger partial charge in [-0.25, -0.2) is 0 Å². The van der Waals surface area contributed by atoms with Crippen LogP contribution in [0.25, 0.3) is 0 Å². The first kappa shape index (κ1) is 78.3. The third kappa shape index (κ3) is 68.0. The normalized spacial score (nSPS) is 13.0. The van der Waals surface area contributed by atoms with E-state index >= 15 is 0 Å². The Morgan fingerprint density at radius 1 is 0.253 bits per heavy atom. The summed E-state index contributed by atoms with van der Waals surface area (Å²) >= 11 is 0. The van der Waals surface area contributed by atoms with Crippen LogP contribution in [0.1, 0.15) is 303 Å². The zero-order valence-electron chi connectivity index (χ0n) is 53.9. The van der Waals surface area contributed by atoms with Crippen molar-refractivity contribution in [1.29, 1.82) is 0 Å². The van der Waals surface area contributed by atoms with Crippen molar-refractivity contribution in [1.82, 2.24) is 0 Å². The summed E-state index contributed by atoms with van der Waals surface area (Å²) in [6, 6.07) is 0. The van der Waals surface area contributed by atoms with Gasteiger partial charge >= 0.3 is 17.9 Å². The van der Waals surface area contributed by atoms with Gasteiger partial charge in [-0.05, 0) is 135 Å². The van der Waals surface area contributed by atoms with Crippen LogP contribution in [0.2, 0.25) is 0 Å². The summed E-state index contributed by atoms with van der Waals surface area (Å²) in [6.07, 6.45) is 100. The van der Waals surface area contributed by atoms with Crippen LogP contribution in [0.4, 0.5) is 0 Å². The van der Waals surface area contributed by atoms with Crippen molar-refractivity contribution in [3.8, 4) is 0 Å². The summed E-state index contributed by atoms with van der Waals surface area (Å²) in [5.74, 6) is -0.978. The average Bonchev–Trinajstić information content (AvgIpc) is 3.49. The topological polar surface area (TPSA) is 78.9 Å². The number of esters is 3. The number of rotatable bonds is 61. The molecule has 0 radical (unpaired) electrons. The molecular formula is C77H126O6. The van der Waals surface area contributed by atoms with Gasteiger partial charge < -0.3 is 14.2 Å². The van der Waals surface area contributed by atoms with Crippen LogP contribution in [0.15, 0.2) is 146 Å². The smallest absolute Gasteiger partial charge is 0.306 e. The molecule has 0 N–H and O–H groups in total. The summed E-state index contributed by atoms with van der Waals surface area (Å²) < 4.78 is 16.9. The quantitative estimate of drug-likeness (QED) is 0.0261. The highest BCUT2D eigenvalue weighted by Crippen LogP contribution is 2.16. The maximum absolute atomic E-state index is 13.0. The molecule has 0 saturated heterocycles. The van der Waals surface area contributed by atoms with Gasteiger partial charge in [0.25, 0.3) is 0 Å². The van der Waals surface area contributed by atoms with Crippen molar-refractivity contribution in [2.24, 2.45) is 0 Å². The molecule has 0 amide bonds. The highest BCUT2D eigenvalue weighted by Gasteiger charge is 2.19. The summed E-state index contributed by atoms with van der Waals surface area (Å²) in [4.78, 5) is 38.4. The van der Waals surface area contributed by atoms with E-state index in [0.29, 0.717) is 19.3 Å². The lowest BCUT2D eigenvalue weighted by Crippen LogP contribution is -2.30. The Kier molecular flexibility index (Phi) is 65.8. The predicted octanol–water partition coefficient (Wildman–Crippen LogP) is 23.9. The fraction of sp³-hybridized carbons (Fsp3) is 0.649. The number of hydrogen-bond acceptors (Lipinski definition) is 6. The average molecular weight is 1150 g/mol. The summed E-state index contributed by atoms with van der Waals surface area (Å²) in [5, 5.41) is 0. The Labute approximate surface area is 512 Å². The Morgan fingerprint density at radius 2 is 0.482 bits per heavy atom. The molecule has 0 aromatic rings. The number of hydrogen-bond donors (Lipinski definition) is 0. The van der Waals surface area contributed by atoms with Gasteiger partial charge in [0.05, 0.1) is 0 Å². The van der Waals surface area contributed by atoms with Gasteiger partial charge in [-0.2, -0.15) is 0 Å². The number of allylic oxidation sites excluding steroid dienone is 24. The second-order valence-corrected chi connectivity index (χ2v) is 22.3. The van der Waals surface area contributed by atoms with E-state index in [2.05, 4.69) is 167 Å². The first-order valence-electron chi connectivity index (χ1n) is 34.3. The molecule has 1 atom stereocenters. The van der Waals surface area contributed by atoms with Crippen LogP contribution in [0.3, 0.4) is 0 Å². The van der Waals surface area contributed by atoms with Crippen LogP contribution in [-0.2, 0) is 28.6 Å². The van der Waals surface area contributed by atoms with Crippen LogP contribution >= 0.6 is 0 Å². The molecule has 0 aromatic heterocycles. The molecule has 0 saturated carbocycles. The lowest BCUT2D eigenvalue weighted by molar-refractivity contribution is -0.167. The van der Waals surface area contributed by atoms with E-state index in [9.17, 15) is 14.4 Å². The van der Waals surface area contributed by atoms with E-state index < -0.39 is 6.10 Å². The molecule has 0 aliphatic heterocycles. The van der Waals surface area contributed by atoms with Crippen molar-refractivity contribution in [2.75, 3.05) is 13.2 Å². The summed E-state index contributed by atoms with van der Waals surface area (Å²) in [6.45, 7) is 6.37. The Hall–Kier alpha value is -4.71. The molecule has 0 fully saturated rings. The van der Waals surface area contributed by atoms with Gasteiger partial charge in [-0.3, -0.25) is 14.4 Å². The molecule has 1 unspecified atom stereocenters. The molecule has 6 nitrogen and oxygen atoms in total. The van der Waals surface area contributed by atoms with Gasteiger partial charge in [0.2, 0.25) is 0 Å². The monoisotopic (exact) mass is 1150 g/mol. The summed E-state index contributed by atoms with van der Waals surface area (Å²) in [5.41, 5.74) is 0. The number of carbonyl (C=O) groups is 3. The lowest BCUT2D eigenvalue weighted by Gasteiger charge is -2.18. The van der Waals surface area contributed by atoms with Crippen molar-refractivity contribution < 1.29 is 28.6 Å². The molecular weight excluding hydrogens is 1020 g/mol. The van der Waals surface area contributed by atoms with Crippen LogP contribution in [-0.4, -0.2) is 37.2 Å². The highest BCUT2D eigenvalue weighted by atomic mass is 16.6. The fourth-order valence-corrected chi connectivity index (χ4v) is 9.24. The molecule has 470 valence electrons. The van der Waals surface area contributed by atoms with E-state index in [4.69, 9.17) is 14.2 Å². The van der Waals surface area contributed by atoms with Crippen LogP contribution in [0, 0.1) is 0 Å². The largest absolute Gasteiger partial charge is 0.462 e. The molecule has 0 heterocycles. The standard InChI is InChI=1S/C77H126O6/c1-4-7-10-13-16-19-22-25-28-31-33-35-37-38-40-41-43-46-49-52-55-58-61-64-67-70-76(79)82-73-74(72-81-75(78)69-66-63-60-57-54-51-48-45-30-27-24-21-18-15-12-9-6-3)83-77(80)71-68-65-62-59-56-53-50-47-44-42-39-36-34-32-29-26-23-20-17-14-11-8-5-2/h7,9-10,12,16,18-19,21,25,27-28,30,32-35,38,40,43,46,48,51,57,60,74H,4-6,8,11,13-15,17,20,22-24,26,29,31,36-37,39,41-42,44-45,47,49-50,52-56,58-59,61-73H2,1-3H3/b10-7-,12-9-,19-16-,21-18-,28-25-,30-27-,34-32-,35-33-,40-38-,46-43-,51-48-,60-57-. The van der Waals surface area contributed by atoms with Gasteiger partial charge in [0.1, 0.15) is 13.2 Å². The third-order valence-electron chi connectivity index (χ3n) is 14.3. The predicted molar refractivity (Wildman–Crippen MR) is 362 cm³/mol. The molecule has 0 rings (SSSR count). The van der Waals surface area contributed by atoms with E-state index in [0.717, 1.165) is 128 Å². The molecule has 0 aromatic carbocycles. The van der Waals surface area contributed by atoms with Crippen molar-refractivity contribution in [3.63, 3.8) is 0 Å². The minimum Gasteiger partial charge on any atom is -0.462 e. The number of ether oxygens (including phenoxy) is 3. The van der Waals surface area contributed by atoms with E-state index in [1.807, 2.05) is 0 Å². The van der Waals surface area contributed by atoms with E-state index in [1.54, 1.807) is 0 Å². The lowest BCUT2D eigenvalue weighted by atomic mass is 10.0. The van der Waals surface area contributed by atoms with E-state index in [1.165, 1.54) is 128 Å². The first-order chi connectivity index (χ1) is 41.0. The van der Waals surface area contributed by atoms with Crippen LogP contribution < -0.4 is 0 Å². The van der Waals surface area contributed by atoms with Crippen molar-refractivity contribution in [3.05, 3.63) is 146 Å². The van der Waals surface area contributed by atoms with E-state index in [-0.39, 0.29) is 37.5 Å². The SMILES string of the molecule is CC/C=C\C/C=C\C/C=C\C/C=C\C/C=C\C/C=C\CCCCCCCCC(=O)OCC(COC(=O)CCC/C=C\C/C=C\C/C=C\C/C=C\C/C=C\CC)OC(=O)CCCCCCCCCCCCC/C=C\CCCCCCCCCC. The molecule has 0 bridgehead atoms. The fourth-order valence-electron chi connectivity index (χ4n) is 9.24. The maximum Gasteiger partial charge on any atom is 0.306 e. The first-order valence-corrected chi connectivity index (χ1v) is 34.3. The maximum atomic E-state index is 13.0. The second kappa shape index (κ2) is 69.8. The number of carbonyl (C=O) groups excluding carboxylic acids is 3. The molecule has 0 aliphatic rings. The highest BCUT2D eigenvalue weighted by molar-refractivity contribution is 5.71. The van der Waals surface area contributed by atoms with Crippen molar-refractivity contribution in [2.45, 2.75) is 309 Å². The second-order valence-electron chi connectivity index (χ2n) is 22.3.